The molecule has 6 nitrogen and oxygen atoms in total. The molecule has 1 atom stereocenters. The molecular weight excluding hydrogens is 805 g/mol. The Morgan fingerprint density at radius 1 is 0.323 bits per heavy atom. The first-order valence-corrected chi connectivity index (χ1v) is 27.5. The highest BCUT2D eigenvalue weighted by Crippen LogP contribution is 2.16. The van der Waals surface area contributed by atoms with Gasteiger partial charge in [-0.15, -0.1) is 0 Å². The van der Waals surface area contributed by atoms with Gasteiger partial charge in [0.2, 0.25) is 0 Å². The SMILES string of the molecule is CC\C=C/C=C\C=C/C=C\C=C\C=C/CCCCCC(=O)OC(COC(=O)CCCCCCCCCCCCC)COC(=O)CCCCCCCCCCCCCCCCCCCCC. The molecule has 0 aromatic rings. The topological polar surface area (TPSA) is 78.9 Å². The molecule has 0 saturated carbocycles. The molecule has 0 saturated heterocycles. The van der Waals surface area contributed by atoms with Crippen LogP contribution in [-0.2, 0) is 28.6 Å². The summed E-state index contributed by atoms with van der Waals surface area (Å²) in [5.41, 5.74) is 0. The molecule has 0 fully saturated rings. The lowest BCUT2D eigenvalue weighted by molar-refractivity contribution is -0.167. The van der Waals surface area contributed by atoms with E-state index in [1.54, 1.807) is 0 Å². The maximum Gasteiger partial charge on any atom is 0.306 e. The minimum absolute atomic E-state index is 0.0904. The summed E-state index contributed by atoms with van der Waals surface area (Å²) in [5.74, 6) is -0.926. The fourth-order valence-electron chi connectivity index (χ4n) is 7.77. The number of allylic oxidation sites excluding steroid dienone is 12. The molecule has 0 radical (unpaired) electrons. The van der Waals surface area contributed by atoms with Crippen LogP contribution in [0.1, 0.15) is 265 Å². The summed E-state index contributed by atoms with van der Waals surface area (Å²) in [7, 11) is 0. The van der Waals surface area contributed by atoms with E-state index in [4.69, 9.17) is 14.2 Å². The molecule has 374 valence electrons. The van der Waals surface area contributed by atoms with Crippen molar-refractivity contribution in [1.82, 2.24) is 0 Å². The van der Waals surface area contributed by atoms with Crippen LogP contribution in [0.2, 0.25) is 0 Å². The summed E-state index contributed by atoms with van der Waals surface area (Å²) in [4.78, 5) is 38.0. The van der Waals surface area contributed by atoms with Gasteiger partial charge in [-0.25, -0.2) is 0 Å². The molecule has 0 spiro atoms. The Morgan fingerprint density at radius 2 is 0.600 bits per heavy atom. The van der Waals surface area contributed by atoms with E-state index >= 15 is 0 Å². The highest BCUT2D eigenvalue weighted by molar-refractivity contribution is 5.71. The molecule has 0 N–H and O–H groups in total. The number of hydrogen-bond acceptors (Lipinski definition) is 6. The molecular formula is C59H102O6. The summed E-state index contributed by atoms with van der Waals surface area (Å²) in [6.07, 6.45) is 67.5. The van der Waals surface area contributed by atoms with Gasteiger partial charge in [-0.2, -0.15) is 0 Å². The average molecular weight is 907 g/mol. The van der Waals surface area contributed by atoms with Crippen molar-refractivity contribution >= 4 is 17.9 Å². The van der Waals surface area contributed by atoms with Gasteiger partial charge in [0.1, 0.15) is 13.2 Å². The van der Waals surface area contributed by atoms with Crippen LogP contribution in [0.3, 0.4) is 0 Å². The van der Waals surface area contributed by atoms with Crippen molar-refractivity contribution < 1.29 is 28.6 Å². The largest absolute Gasteiger partial charge is 0.462 e. The maximum atomic E-state index is 12.8. The van der Waals surface area contributed by atoms with Gasteiger partial charge in [0.25, 0.3) is 0 Å². The van der Waals surface area contributed by atoms with Gasteiger partial charge in [0.05, 0.1) is 0 Å². The average Bonchev–Trinajstić information content (AvgIpc) is 3.30. The first-order chi connectivity index (χ1) is 32.0. The van der Waals surface area contributed by atoms with Gasteiger partial charge < -0.3 is 14.2 Å². The second kappa shape index (κ2) is 53.5. The fraction of sp³-hybridized carbons (Fsp3) is 0.746. The van der Waals surface area contributed by atoms with Crippen molar-refractivity contribution in [3.8, 4) is 0 Å². The van der Waals surface area contributed by atoms with Gasteiger partial charge in [-0.3, -0.25) is 14.4 Å². The lowest BCUT2D eigenvalue weighted by Gasteiger charge is -2.18. The second-order valence-electron chi connectivity index (χ2n) is 18.3. The van der Waals surface area contributed by atoms with Crippen LogP contribution < -0.4 is 0 Å². The Bertz CT molecular complexity index is 1230. The van der Waals surface area contributed by atoms with E-state index in [1.807, 2.05) is 60.8 Å². The first-order valence-electron chi connectivity index (χ1n) is 27.5. The summed E-state index contributed by atoms with van der Waals surface area (Å²) in [5, 5.41) is 0. The summed E-state index contributed by atoms with van der Waals surface area (Å²) in [6.45, 7) is 6.47. The monoisotopic (exact) mass is 907 g/mol. The van der Waals surface area contributed by atoms with Crippen LogP contribution in [0.4, 0.5) is 0 Å². The summed E-state index contributed by atoms with van der Waals surface area (Å²) in [6, 6.07) is 0. The second-order valence-corrected chi connectivity index (χ2v) is 18.3. The number of carbonyl (C=O) groups is 3. The molecule has 65 heavy (non-hydrogen) atoms. The molecule has 0 bridgehead atoms. The highest BCUT2D eigenvalue weighted by Gasteiger charge is 2.19. The minimum atomic E-state index is -0.795. The van der Waals surface area contributed by atoms with E-state index in [0.29, 0.717) is 19.3 Å². The molecule has 0 aromatic heterocycles. The number of esters is 3. The Hall–Kier alpha value is -3.15. The quantitative estimate of drug-likeness (QED) is 0.0262. The van der Waals surface area contributed by atoms with Gasteiger partial charge in [0, 0.05) is 19.3 Å². The van der Waals surface area contributed by atoms with Crippen LogP contribution in [0.5, 0.6) is 0 Å². The van der Waals surface area contributed by atoms with Crippen LogP contribution in [-0.4, -0.2) is 37.2 Å². The van der Waals surface area contributed by atoms with Crippen molar-refractivity contribution in [1.29, 1.82) is 0 Å². The Labute approximate surface area is 402 Å². The molecule has 0 heterocycles. The number of rotatable bonds is 49. The van der Waals surface area contributed by atoms with Crippen LogP contribution >= 0.6 is 0 Å². The zero-order chi connectivity index (χ0) is 47.2. The third-order valence-corrected chi connectivity index (χ3v) is 11.9. The van der Waals surface area contributed by atoms with Crippen LogP contribution in [0.15, 0.2) is 72.9 Å². The molecule has 1 unspecified atom stereocenters. The molecule has 0 aliphatic carbocycles. The molecule has 0 aliphatic rings. The predicted octanol–water partition coefficient (Wildman–Crippen LogP) is 18.2. The smallest absolute Gasteiger partial charge is 0.306 e. The van der Waals surface area contributed by atoms with E-state index in [9.17, 15) is 14.4 Å². The van der Waals surface area contributed by atoms with Gasteiger partial charge in [-0.05, 0) is 38.5 Å². The highest BCUT2D eigenvalue weighted by atomic mass is 16.6. The van der Waals surface area contributed by atoms with Crippen LogP contribution in [0, 0.1) is 0 Å². The van der Waals surface area contributed by atoms with Crippen molar-refractivity contribution in [3.63, 3.8) is 0 Å². The number of ether oxygens (including phenoxy) is 3. The Kier molecular flexibility index (Phi) is 50.9. The summed E-state index contributed by atoms with van der Waals surface area (Å²) < 4.78 is 16.8. The van der Waals surface area contributed by atoms with Crippen molar-refractivity contribution in [2.75, 3.05) is 13.2 Å². The number of hydrogen-bond donors (Lipinski definition) is 0. The Balaban J connectivity index is 4.40. The zero-order valence-corrected chi connectivity index (χ0v) is 42.7. The number of unbranched alkanes of at least 4 members (excludes halogenated alkanes) is 31. The zero-order valence-electron chi connectivity index (χ0n) is 42.7. The van der Waals surface area contributed by atoms with Gasteiger partial charge in [0.15, 0.2) is 6.10 Å². The maximum absolute atomic E-state index is 12.8. The van der Waals surface area contributed by atoms with Gasteiger partial charge in [-0.1, -0.05) is 280 Å². The van der Waals surface area contributed by atoms with E-state index in [0.717, 1.165) is 64.2 Å². The Morgan fingerprint density at radius 3 is 0.938 bits per heavy atom. The number of carbonyl (C=O) groups excluding carboxylic acids is 3. The fourth-order valence-corrected chi connectivity index (χ4v) is 7.77. The van der Waals surface area contributed by atoms with E-state index in [-0.39, 0.29) is 37.5 Å². The van der Waals surface area contributed by atoms with Crippen molar-refractivity contribution in [3.05, 3.63) is 72.9 Å². The van der Waals surface area contributed by atoms with Crippen molar-refractivity contribution in [2.24, 2.45) is 0 Å². The van der Waals surface area contributed by atoms with Gasteiger partial charge >= 0.3 is 17.9 Å². The van der Waals surface area contributed by atoms with E-state index in [1.165, 1.54) is 154 Å². The lowest BCUT2D eigenvalue weighted by Crippen LogP contribution is -2.30. The molecule has 0 amide bonds. The van der Waals surface area contributed by atoms with Crippen LogP contribution in [0.25, 0.3) is 0 Å². The minimum Gasteiger partial charge on any atom is -0.462 e. The molecule has 0 aliphatic heterocycles. The normalized spacial score (nSPS) is 12.6. The van der Waals surface area contributed by atoms with Crippen molar-refractivity contribution in [2.45, 2.75) is 271 Å². The van der Waals surface area contributed by atoms with E-state index in [2.05, 4.69) is 32.9 Å². The standard InChI is InChI=1S/C59H102O6/c1-4-7-10-13-16-19-22-24-26-28-29-31-32-34-37-40-43-46-49-52-58(61)64-55-56(54-63-57(60)51-48-45-42-39-36-21-18-15-12-9-6-3)65-59(62)53-50-47-44-41-38-35-33-30-27-25-23-20-17-14-11-8-5-2/h8,11,14,17,20,23,25,27,30,33,35,38,56H,4-7,9-10,12-13,15-16,18-19,21-22,24,26,28-29,31-32,34,36-37,39-55H2,1-3H3/b11-8-,17-14-,23-20-,27-25-,33-30+,38-35-. The first kappa shape index (κ1) is 61.9. The van der Waals surface area contributed by atoms with E-state index < -0.39 is 6.10 Å². The third-order valence-electron chi connectivity index (χ3n) is 11.9. The molecule has 0 rings (SSSR count). The molecule has 0 aromatic carbocycles. The lowest BCUT2D eigenvalue weighted by atomic mass is 10.0. The summed E-state index contributed by atoms with van der Waals surface area (Å²) >= 11 is 0. The molecule has 6 heteroatoms. The third kappa shape index (κ3) is 51.7. The predicted molar refractivity (Wildman–Crippen MR) is 279 cm³/mol.